The van der Waals surface area contributed by atoms with Gasteiger partial charge in [0.1, 0.15) is 0 Å². The minimum atomic E-state index is -0.861. The van der Waals surface area contributed by atoms with Gasteiger partial charge in [-0.2, -0.15) is 0 Å². The Morgan fingerprint density at radius 3 is 2.35 bits per heavy atom. The highest BCUT2D eigenvalue weighted by atomic mass is 16.1. The zero-order chi connectivity index (χ0) is 12.5. The fourth-order valence-corrected chi connectivity index (χ4v) is 2.17. The summed E-state index contributed by atoms with van der Waals surface area (Å²) in [5.41, 5.74) is 18.1. The van der Waals surface area contributed by atoms with Crippen LogP contribution in [0.1, 0.15) is 12.8 Å². The van der Waals surface area contributed by atoms with Crippen LogP contribution in [0, 0.1) is 0 Å². The molecule has 0 bridgehead atoms. The highest BCUT2D eigenvalue weighted by Gasteiger charge is 2.36. The number of piperidine rings is 1. The van der Waals surface area contributed by atoms with E-state index in [2.05, 4.69) is 4.90 Å². The molecule has 2 rings (SSSR count). The van der Waals surface area contributed by atoms with Crippen molar-refractivity contribution in [2.45, 2.75) is 18.4 Å². The number of rotatable bonds is 2. The lowest BCUT2D eigenvalue weighted by molar-refractivity contribution is -0.123. The van der Waals surface area contributed by atoms with Crippen LogP contribution in [0.15, 0.2) is 24.3 Å². The molecule has 0 radical (unpaired) electrons. The van der Waals surface area contributed by atoms with Crippen molar-refractivity contribution in [1.82, 2.24) is 0 Å². The molecule has 5 nitrogen and oxygen atoms in total. The summed E-state index contributed by atoms with van der Waals surface area (Å²) in [4.78, 5) is 13.4. The van der Waals surface area contributed by atoms with Crippen LogP contribution >= 0.6 is 0 Å². The van der Waals surface area contributed by atoms with Crippen molar-refractivity contribution in [3.63, 3.8) is 0 Å². The van der Waals surface area contributed by atoms with E-state index < -0.39 is 11.4 Å². The number of primary amides is 1. The molecule has 0 spiro atoms. The van der Waals surface area contributed by atoms with Gasteiger partial charge < -0.3 is 22.1 Å². The summed E-state index contributed by atoms with van der Waals surface area (Å²) in [5, 5.41) is 0. The van der Waals surface area contributed by atoms with Crippen molar-refractivity contribution in [2.24, 2.45) is 11.5 Å². The summed E-state index contributed by atoms with van der Waals surface area (Å²) in [7, 11) is 0. The standard InChI is InChI=1S/C12H18N4O/c13-9-3-1-2-4-10(9)16-7-5-12(15,6-8-16)11(14)17/h1-4H,5-8,13,15H2,(H2,14,17). The monoisotopic (exact) mass is 234 g/mol. The minimum Gasteiger partial charge on any atom is -0.397 e. The SMILES string of the molecule is NC(=O)C1(N)CCN(c2ccccc2N)CC1. The van der Waals surface area contributed by atoms with Crippen LogP contribution in [0.5, 0.6) is 0 Å². The van der Waals surface area contributed by atoms with Crippen LogP contribution in [0.4, 0.5) is 11.4 Å². The Labute approximate surface area is 101 Å². The quantitative estimate of drug-likeness (QED) is 0.630. The lowest BCUT2D eigenvalue weighted by Gasteiger charge is -2.38. The molecule has 0 saturated carbocycles. The van der Waals surface area contributed by atoms with Crippen molar-refractivity contribution >= 4 is 17.3 Å². The molecule has 0 atom stereocenters. The van der Waals surface area contributed by atoms with E-state index in [-0.39, 0.29) is 0 Å². The summed E-state index contributed by atoms with van der Waals surface area (Å²) in [6.07, 6.45) is 1.13. The summed E-state index contributed by atoms with van der Waals surface area (Å²) < 4.78 is 0. The average molecular weight is 234 g/mol. The van der Waals surface area contributed by atoms with Crippen LogP contribution < -0.4 is 22.1 Å². The number of benzene rings is 1. The van der Waals surface area contributed by atoms with Gasteiger partial charge >= 0.3 is 0 Å². The van der Waals surface area contributed by atoms with Gasteiger partial charge in [0.05, 0.1) is 16.9 Å². The molecule has 1 fully saturated rings. The van der Waals surface area contributed by atoms with Gasteiger partial charge in [0.15, 0.2) is 0 Å². The molecule has 0 unspecified atom stereocenters. The first-order valence-electron chi connectivity index (χ1n) is 5.71. The molecule has 1 amide bonds. The van der Waals surface area contributed by atoms with Crippen molar-refractivity contribution in [2.75, 3.05) is 23.7 Å². The van der Waals surface area contributed by atoms with E-state index in [0.29, 0.717) is 25.9 Å². The second-order valence-electron chi connectivity index (χ2n) is 4.57. The molecular formula is C12H18N4O. The number of hydrogen-bond donors (Lipinski definition) is 3. The summed E-state index contributed by atoms with van der Waals surface area (Å²) in [6, 6.07) is 7.69. The number of para-hydroxylation sites is 2. The number of anilines is 2. The molecule has 0 aliphatic carbocycles. The third-order valence-corrected chi connectivity index (χ3v) is 3.42. The molecule has 1 heterocycles. The first kappa shape index (κ1) is 11.7. The van der Waals surface area contributed by atoms with Gasteiger partial charge in [-0.25, -0.2) is 0 Å². The number of hydrogen-bond acceptors (Lipinski definition) is 4. The molecule has 1 aliphatic rings. The van der Waals surface area contributed by atoms with Crippen LogP contribution in [-0.2, 0) is 4.79 Å². The fourth-order valence-electron chi connectivity index (χ4n) is 2.17. The second-order valence-corrected chi connectivity index (χ2v) is 4.57. The Morgan fingerprint density at radius 1 is 1.24 bits per heavy atom. The van der Waals surface area contributed by atoms with Crippen molar-refractivity contribution < 1.29 is 4.79 Å². The normalized spacial score (nSPS) is 19.0. The molecule has 17 heavy (non-hydrogen) atoms. The zero-order valence-corrected chi connectivity index (χ0v) is 9.73. The number of carbonyl (C=O) groups is 1. The van der Waals surface area contributed by atoms with E-state index in [4.69, 9.17) is 17.2 Å². The highest BCUT2D eigenvalue weighted by Crippen LogP contribution is 2.28. The predicted molar refractivity (Wildman–Crippen MR) is 68.4 cm³/mol. The molecule has 1 aromatic carbocycles. The molecular weight excluding hydrogens is 216 g/mol. The Hall–Kier alpha value is -1.75. The zero-order valence-electron chi connectivity index (χ0n) is 9.73. The van der Waals surface area contributed by atoms with E-state index >= 15 is 0 Å². The van der Waals surface area contributed by atoms with Gasteiger partial charge in [-0.3, -0.25) is 4.79 Å². The van der Waals surface area contributed by atoms with Gasteiger partial charge in [-0.05, 0) is 25.0 Å². The van der Waals surface area contributed by atoms with E-state index in [1.54, 1.807) is 0 Å². The molecule has 1 aromatic rings. The topological polar surface area (TPSA) is 98.4 Å². The molecule has 6 N–H and O–H groups in total. The van der Waals surface area contributed by atoms with E-state index in [9.17, 15) is 4.79 Å². The molecule has 5 heteroatoms. The third-order valence-electron chi connectivity index (χ3n) is 3.42. The van der Waals surface area contributed by atoms with Gasteiger partial charge in [-0.1, -0.05) is 12.1 Å². The van der Waals surface area contributed by atoms with Gasteiger partial charge in [0.25, 0.3) is 0 Å². The summed E-state index contributed by atoms with van der Waals surface area (Å²) in [5.74, 6) is -0.418. The van der Waals surface area contributed by atoms with Gasteiger partial charge in [0, 0.05) is 13.1 Å². The van der Waals surface area contributed by atoms with Gasteiger partial charge in [-0.15, -0.1) is 0 Å². The summed E-state index contributed by atoms with van der Waals surface area (Å²) >= 11 is 0. The lowest BCUT2D eigenvalue weighted by atomic mass is 9.88. The van der Waals surface area contributed by atoms with E-state index in [1.165, 1.54) is 0 Å². The average Bonchev–Trinajstić information content (AvgIpc) is 2.31. The highest BCUT2D eigenvalue weighted by molar-refractivity contribution is 5.85. The Morgan fingerprint density at radius 2 is 1.82 bits per heavy atom. The lowest BCUT2D eigenvalue weighted by Crippen LogP contribution is -2.58. The van der Waals surface area contributed by atoms with Crippen LogP contribution in [0.25, 0.3) is 0 Å². The Balaban J connectivity index is 2.10. The second kappa shape index (κ2) is 4.25. The third kappa shape index (κ3) is 2.19. The maximum atomic E-state index is 11.2. The van der Waals surface area contributed by atoms with Crippen LogP contribution in [-0.4, -0.2) is 24.5 Å². The number of nitrogens with two attached hydrogens (primary N) is 3. The molecule has 1 aliphatic heterocycles. The van der Waals surface area contributed by atoms with Crippen molar-refractivity contribution in [3.05, 3.63) is 24.3 Å². The maximum Gasteiger partial charge on any atom is 0.237 e. The molecule has 1 saturated heterocycles. The largest absolute Gasteiger partial charge is 0.397 e. The molecule has 0 aromatic heterocycles. The van der Waals surface area contributed by atoms with Gasteiger partial charge in [0.2, 0.25) is 5.91 Å². The van der Waals surface area contributed by atoms with E-state index in [1.807, 2.05) is 24.3 Å². The fraction of sp³-hybridized carbons (Fsp3) is 0.417. The Bertz CT molecular complexity index is 424. The number of amides is 1. The predicted octanol–water partition coefficient (Wildman–Crippen LogP) is 0.0518. The Kier molecular flexibility index (Phi) is 2.93. The molecule has 92 valence electrons. The number of carbonyl (C=O) groups excluding carboxylic acids is 1. The summed E-state index contributed by atoms with van der Waals surface area (Å²) in [6.45, 7) is 1.40. The number of nitrogens with zero attached hydrogens (tertiary/aromatic N) is 1. The first-order chi connectivity index (χ1) is 8.03. The van der Waals surface area contributed by atoms with Crippen LogP contribution in [0.2, 0.25) is 0 Å². The van der Waals surface area contributed by atoms with Crippen molar-refractivity contribution in [3.8, 4) is 0 Å². The van der Waals surface area contributed by atoms with E-state index in [0.717, 1.165) is 11.4 Å². The number of nitrogen functional groups attached to an aromatic ring is 1. The first-order valence-corrected chi connectivity index (χ1v) is 5.71. The van der Waals surface area contributed by atoms with Crippen molar-refractivity contribution in [1.29, 1.82) is 0 Å². The maximum absolute atomic E-state index is 11.2. The minimum absolute atomic E-state index is 0.418. The van der Waals surface area contributed by atoms with Crippen LogP contribution in [0.3, 0.4) is 0 Å². The smallest absolute Gasteiger partial charge is 0.237 e.